The van der Waals surface area contributed by atoms with Gasteiger partial charge in [0.2, 0.25) is 16.8 Å². The minimum absolute atomic E-state index is 0.00837. The Morgan fingerprint density at radius 3 is 2.49 bits per heavy atom. The lowest BCUT2D eigenvalue weighted by Crippen LogP contribution is -2.53. The van der Waals surface area contributed by atoms with E-state index in [0.717, 1.165) is 5.56 Å². The van der Waals surface area contributed by atoms with Crippen molar-refractivity contribution in [1.29, 1.82) is 0 Å². The molecule has 3 N–H and O–H groups in total. The summed E-state index contributed by atoms with van der Waals surface area (Å²) in [6, 6.07) is 19.0. The van der Waals surface area contributed by atoms with Crippen LogP contribution < -0.4 is 25.0 Å². The number of amides is 3. The summed E-state index contributed by atoms with van der Waals surface area (Å²) in [5.74, 6) is -0.224. The first-order valence-electron chi connectivity index (χ1n) is 16.3. The number of hydrogen-bond acceptors (Lipinski definition) is 9. The second-order valence-electron chi connectivity index (χ2n) is 12.1. The number of cyclic esters (lactones) is 1. The summed E-state index contributed by atoms with van der Waals surface area (Å²) in [7, 11) is -4.11. The normalized spacial score (nSPS) is 17.4. The molecule has 13 nitrogen and oxygen atoms in total. The van der Waals surface area contributed by atoms with Crippen molar-refractivity contribution in [3.63, 3.8) is 0 Å². The minimum atomic E-state index is -4.11. The number of fused-ring (bicyclic) bond motifs is 1. The molecule has 0 radical (unpaired) electrons. The second kappa shape index (κ2) is 15.7. The van der Waals surface area contributed by atoms with Gasteiger partial charge in [0.15, 0.2) is 17.6 Å². The molecular weight excluding hydrogens is 652 g/mol. The maximum atomic E-state index is 14.0. The molecule has 2 aliphatic rings. The highest BCUT2D eigenvalue weighted by atomic mass is 32.2. The monoisotopic (exact) mass is 694 g/mol. The van der Waals surface area contributed by atoms with E-state index in [1.54, 1.807) is 31.2 Å². The summed E-state index contributed by atoms with van der Waals surface area (Å²) in [6.07, 6.45) is -2.46. The van der Waals surface area contributed by atoms with E-state index in [1.807, 2.05) is 44.2 Å². The van der Waals surface area contributed by atoms with E-state index in [0.29, 0.717) is 35.7 Å². The third kappa shape index (κ3) is 8.50. The van der Waals surface area contributed by atoms with E-state index in [2.05, 4.69) is 10.6 Å². The number of benzene rings is 3. The van der Waals surface area contributed by atoms with Crippen molar-refractivity contribution in [1.82, 2.24) is 14.9 Å². The van der Waals surface area contributed by atoms with Crippen LogP contribution in [0, 0.1) is 5.92 Å². The van der Waals surface area contributed by atoms with Crippen molar-refractivity contribution in [3.05, 3.63) is 83.9 Å². The van der Waals surface area contributed by atoms with Crippen LogP contribution in [0.1, 0.15) is 43.1 Å². The predicted molar refractivity (Wildman–Crippen MR) is 181 cm³/mol. The zero-order valence-electron chi connectivity index (χ0n) is 27.7. The van der Waals surface area contributed by atoms with Crippen LogP contribution in [0.4, 0.5) is 10.5 Å². The van der Waals surface area contributed by atoms with Crippen molar-refractivity contribution < 1.29 is 42.1 Å². The van der Waals surface area contributed by atoms with Gasteiger partial charge in [0.25, 0.3) is 11.8 Å². The van der Waals surface area contributed by atoms with Crippen LogP contribution in [0.5, 0.6) is 11.5 Å². The van der Waals surface area contributed by atoms with Gasteiger partial charge in [0, 0.05) is 37.0 Å². The molecule has 5 rings (SSSR count). The number of sulfonamides is 1. The van der Waals surface area contributed by atoms with Crippen LogP contribution in [0.3, 0.4) is 0 Å². The van der Waals surface area contributed by atoms with Gasteiger partial charge in [-0.05, 0) is 55.2 Å². The lowest BCUT2D eigenvalue weighted by molar-refractivity contribution is -0.129. The van der Waals surface area contributed by atoms with Gasteiger partial charge < -0.3 is 30.0 Å². The van der Waals surface area contributed by atoms with Crippen LogP contribution in [-0.2, 0) is 26.0 Å². The van der Waals surface area contributed by atoms with Crippen molar-refractivity contribution in [2.24, 2.45) is 5.92 Å². The van der Waals surface area contributed by atoms with Crippen molar-refractivity contribution in [2.75, 3.05) is 37.9 Å². The number of nitrogens with zero attached hydrogens (tertiary/aromatic N) is 2. The number of aliphatic hydroxyl groups is 1. The van der Waals surface area contributed by atoms with Gasteiger partial charge >= 0.3 is 6.09 Å². The fourth-order valence-electron chi connectivity index (χ4n) is 5.58. The molecule has 3 aromatic rings. The highest BCUT2D eigenvalue weighted by Gasteiger charge is 2.39. The fraction of sp³-hybridized carbons (Fsp3) is 0.400. The number of hydrogen-bond donors (Lipinski definition) is 3. The quantitative estimate of drug-likeness (QED) is 0.217. The molecule has 0 aliphatic carbocycles. The van der Waals surface area contributed by atoms with Crippen LogP contribution in [-0.4, -0.2) is 87.0 Å². The van der Waals surface area contributed by atoms with Gasteiger partial charge in [-0.1, -0.05) is 56.7 Å². The Kier molecular flexibility index (Phi) is 11.4. The average molecular weight is 695 g/mol. The number of anilines is 1. The Morgan fingerprint density at radius 1 is 1.00 bits per heavy atom. The number of aliphatic hydroxyl groups excluding tert-OH is 1. The third-order valence-corrected chi connectivity index (χ3v) is 10.4. The summed E-state index contributed by atoms with van der Waals surface area (Å²) in [6.45, 7) is 5.78. The molecule has 1 fully saturated rings. The van der Waals surface area contributed by atoms with E-state index >= 15 is 0 Å². The first-order chi connectivity index (χ1) is 23.5. The summed E-state index contributed by atoms with van der Waals surface area (Å²) in [5, 5.41) is 17.2. The van der Waals surface area contributed by atoms with E-state index in [4.69, 9.17) is 14.2 Å². The van der Waals surface area contributed by atoms with Crippen LogP contribution in [0.25, 0.3) is 0 Å². The summed E-state index contributed by atoms with van der Waals surface area (Å²) < 4.78 is 45.4. The molecule has 0 spiro atoms. The molecule has 2 heterocycles. The summed E-state index contributed by atoms with van der Waals surface area (Å²) in [4.78, 5) is 40.1. The number of carbonyl (C=O) groups excluding carboxylic acids is 3. The molecule has 0 saturated carbocycles. The Bertz CT molecular complexity index is 1750. The summed E-state index contributed by atoms with van der Waals surface area (Å²) in [5.41, 5.74) is 1.54. The molecule has 262 valence electrons. The van der Waals surface area contributed by atoms with E-state index in [-0.39, 0.29) is 49.6 Å². The Morgan fingerprint density at radius 2 is 1.76 bits per heavy atom. The van der Waals surface area contributed by atoms with Gasteiger partial charge in [-0.3, -0.25) is 14.5 Å². The maximum absolute atomic E-state index is 14.0. The highest BCUT2D eigenvalue weighted by molar-refractivity contribution is 7.89. The standard InChI is InChI=1S/C35H42N4O9S/c1-4-23(3)19-38(49(44,45)27-14-15-30-31(18-27)47-22-46-30)20-29(40)28(16-24-10-7-6-8-11-24)37-34(42)32-21-39(35(43)48-32)26-13-9-12-25(17-26)33(41)36-5-2/h6-15,17-18,23,28-29,32,40H,4-5,16,19-22H2,1-3H3,(H,36,41)(H,37,42)/t23-,28-,29+,32?/m0/s1. The van der Waals surface area contributed by atoms with Crippen molar-refractivity contribution in [2.45, 2.75) is 56.8 Å². The molecule has 0 aromatic heterocycles. The largest absolute Gasteiger partial charge is 0.454 e. The Hall–Kier alpha value is -4.66. The summed E-state index contributed by atoms with van der Waals surface area (Å²) >= 11 is 0. The molecule has 1 saturated heterocycles. The van der Waals surface area contributed by atoms with E-state index in [1.165, 1.54) is 27.4 Å². The molecule has 2 aliphatic heterocycles. The van der Waals surface area contributed by atoms with Crippen LogP contribution in [0.2, 0.25) is 0 Å². The van der Waals surface area contributed by atoms with Gasteiger partial charge in [-0.25, -0.2) is 13.2 Å². The molecule has 0 bridgehead atoms. The smallest absolute Gasteiger partial charge is 0.415 e. The van der Waals surface area contributed by atoms with Crippen LogP contribution >= 0.6 is 0 Å². The Balaban J connectivity index is 1.35. The van der Waals surface area contributed by atoms with Gasteiger partial charge in [0.1, 0.15) is 0 Å². The first-order valence-corrected chi connectivity index (χ1v) is 17.7. The molecule has 49 heavy (non-hydrogen) atoms. The number of nitrogens with one attached hydrogen (secondary N) is 2. The zero-order valence-corrected chi connectivity index (χ0v) is 28.5. The molecule has 14 heteroatoms. The van der Waals surface area contributed by atoms with Crippen molar-refractivity contribution in [3.8, 4) is 11.5 Å². The number of ether oxygens (including phenoxy) is 3. The lowest BCUT2D eigenvalue weighted by Gasteiger charge is -2.31. The van der Waals surface area contributed by atoms with Gasteiger partial charge in [0.05, 0.1) is 23.6 Å². The van der Waals surface area contributed by atoms with Crippen molar-refractivity contribution >= 4 is 33.6 Å². The predicted octanol–water partition coefficient (Wildman–Crippen LogP) is 3.32. The molecule has 3 aromatic carbocycles. The molecule has 1 unspecified atom stereocenters. The molecule has 3 amide bonds. The molecule has 4 atom stereocenters. The average Bonchev–Trinajstić information content (AvgIpc) is 3.74. The van der Waals surface area contributed by atoms with E-state index in [9.17, 15) is 27.9 Å². The number of carbonyl (C=O) groups is 3. The SMILES string of the molecule is CCNC(=O)c1cccc(N2CC(C(=O)N[C@@H](Cc3ccccc3)[C@H](O)CN(C[C@@H](C)CC)S(=O)(=O)c3ccc4c(c3)OCO4)OC2=O)c1. The third-order valence-electron chi connectivity index (χ3n) is 8.54. The first kappa shape index (κ1) is 35.6. The topological polar surface area (TPSA) is 164 Å². The minimum Gasteiger partial charge on any atom is -0.454 e. The highest BCUT2D eigenvalue weighted by Crippen LogP contribution is 2.35. The van der Waals surface area contributed by atoms with Gasteiger partial charge in [-0.2, -0.15) is 4.31 Å². The van der Waals surface area contributed by atoms with Gasteiger partial charge in [-0.15, -0.1) is 0 Å². The zero-order chi connectivity index (χ0) is 35.1. The van der Waals surface area contributed by atoms with E-state index < -0.39 is 40.3 Å². The lowest BCUT2D eigenvalue weighted by atomic mass is 10.0. The maximum Gasteiger partial charge on any atom is 0.415 e. The second-order valence-corrected chi connectivity index (χ2v) is 14.1. The Labute approximate surface area is 286 Å². The number of rotatable bonds is 15. The van der Waals surface area contributed by atoms with Crippen LogP contribution in [0.15, 0.2) is 77.7 Å². The fourth-order valence-corrected chi connectivity index (χ4v) is 7.18. The molecular formula is C35H42N4O9S.